The summed E-state index contributed by atoms with van der Waals surface area (Å²) in [4.78, 5) is 36.3. The minimum absolute atomic E-state index is 0.113. The van der Waals surface area contributed by atoms with Crippen molar-refractivity contribution in [1.29, 1.82) is 0 Å². The minimum Gasteiger partial charge on any atom is -0.477 e. The number of carbonyl (C=O) groups is 1. The van der Waals surface area contributed by atoms with E-state index in [4.69, 9.17) is 5.11 Å². The average Bonchev–Trinajstić information content (AvgIpc) is 2.70. The lowest BCUT2D eigenvalue weighted by Gasteiger charge is -2.07. The predicted molar refractivity (Wildman–Crippen MR) is 74.5 cm³/mol. The lowest BCUT2D eigenvalue weighted by atomic mass is 10.3. The van der Waals surface area contributed by atoms with E-state index in [-0.39, 0.29) is 10.6 Å². The maximum atomic E-state index is 12.1. The van der Waals surface area contributed by atoms with Crippen molar-refractivity contribution in [3.63, 3.8) is 0 Å². The minimum atomic E-state index is -4.33. The third-order valence-corrected chi connectivity index (χ3v) is 4.92. The summed E-state index contributed by atoms with van der Waals surface area (Å²) in [5, 5.41) is 10.5. The van der Waals surface area contributed by atoms with E-state index < -0.39 is 32.1 Å². The van der Waals surface area contributed by atoms with Crippen LogP contribution in [0.25, 0.3) is 0 Å². The van der Waals surface area contributed by atoms with Gasteiger partial charge in [-0.3, -0.25) is 14.5 Å². The molecule has 0 saturated heterocycles. The van der Waals surface area contributed by atoms with Gasteiger partial charge in [-0.15, -0.1) is 11.3 Å². The Morgan fingerprint density at radius 3 is 2.62 bits per heavy atom. The van der Waals surface area contributed by atoms with E-state index in [9.17, 15) is 22.8 Å². The van der Waals surface area contributed by atoms with Gasteiger partial charge in [-0.05, 0) is 17.9 Å². The van der Waals surface area contributed by atoms with E-state index in [1.165, 1.54) is 12.3 Å². The molecule has 0 spiro atoms. The molecular formula is C10H9N3O6S2. The molecule has 0 amide bonds. The second-order valence-corrected chi connectivity index (χ2v) is 6.50. The molecule has 0 unspecified atom stereocenters. The largest absolute Gasteiger partial charge is 0.477 e. The first-order valence-electron chi connectivity index (χ1n) is 5.38. The number of carboxylic acids is 1. The van der Waals surface area contributed by atoms with Crippen LogP contribution < -0.4 is 16.0 Å². The third-order valence-electron chi connectivity index (χ3n) is 2.48. The molecule has 0 bridgehead atoms. The molecule has 2 rings (SSSR count). The molecule has 0 aliphatic heterocycles. The van der Waals surface area contributed by atoms with Gasteiger partial charge in [0.1, 0.15) is 4.88 Å². The Kier molecular flexibility index (Phi) is 3.70. The van der Waals surface area contributed by atoms with Gasteiger partial charge in [0.05, 0.1) is 5.69 Å². The first-order chi connectivity index (χ1) is 9.72. The zero-order chi connectivity index (χ0) is 15.8. The van der Waals surface area contributed by atoms with Crippen LogP contribution in [0.15, 0.2) is 26.1 Å². The molecule has 21 heavy (non-hydrogen) atoms. The standard InChI is InChI=1S/C10H9N3O6S2/c1-4-3-20-7(9(15)16)6(4)13-21(18,19)5-2-11-10(17)12-8(5)14/h2-3,13H,1H3,(H,15,16)(H2,11,12,14,17). The predicted octanol–water partition coefficient (Wildman–Crippen LogP) is -0.0679. The van der Waals surface area contributed by atoms with Gasteiger partial charge in [-0.25, -0.2) is 18.0 Å². The van der Waals surface area contributed by atoms with Crippen molar-refractivity contribution in [1.82, 2.24) is 9.97 Å². The quantitative estimate of drug-likeness (QED) is 0.616. The normalized spacial score (nSPS) is 11.3. The maximum Gasteiger partial charge on any atom is 0.348 e. The molecular weight excluding hydrogens is 322 g/mol. The number of sulfonamides is 1. The van der Waals surface area contributed by atoms with Crippen molar-refractivity contribution in [2.24, 2.45) is 0 Å². The highest BCUT2D eigenvalue weighted by molar-refractivity contribution is 7.92. The van der Waals surface area contributed by atoms with Gasteiger partial charge in [0, 0.05) is 6.20 Å². The van der Waals surface area contributed by atoms with Crippen LogP contribution in [-0.4, -0.2) is 29.5 Å². The molecule has 2 aromatic rings. The number of hydrogen-bond acceptors (Lipinski definition) is 6. The zero-order valence-electron chi connectivity index (χ0n) is 10.5. The number of thiophene rings is 1. The summed E-state index contributed by atoms with van der Waals surface area (Å²) in [5.41, 5.74) is -1.66. The molecule has 0 aromatic carbocycles. The highest BCUT2D eigenvalue weighted by Crippen LogP contribution is 2.29. The number of aromatic nitrogens is 2. The molecule has 0 saturated carbocycles. The summed E-state index contributed by atoms with van der Waals surface area (Å²) in [7, 11) is -4.33. The van der Waals surface area contributed by atoms with Crippen LogP contribution in [0.3, 0.4) is 0 Å². The lowest BCUT2D eigenvalue weighted by molar-refractivity contribution is 0.0703. The first kappa shape index (κ1) is 15.0. The van der Waals surface area contributed by atoms with Crippen molar-refractivity contribution in [3.05, 3.63) is 42.9 Å². The number of hydrogen-bond donors (Lipinski definition) is 4. The number of H-pyrrole nitrogens is 2. The summed E-state index contributed by atoms with van der Waals surface area (Å²) in [6, 6.07) is 0. The van der Waals surface area contributed by atoms with Gasteiger partial charge in [0.2, 0.25) is 0 Å². The number of aromatic carboxylic acids is 1. The molecule has 0 radical (unpaired) electrons. The van der Waals surface area contributed by atoms with Crippen molar-refractivity contribution >= 4 is 33.0 Å². The fourth-order valence-electron chi connectivity index (χ4n) is 1.51. The molecule has 2 aromatic heterocycles. The summed E-state index contributed by atoms with van der Waals surface area (Å²) in [6.45, 7) is 1.53. The van der Waals surface area contributed by atoms with Gasteiger partial charge in [-0.2, -0.15) is 0 Å². The van der Waals surface area contributed by atoms with Crippen LogP contribution in [0.4, 0.5) is 5.69 Å². The third kappa shape index (κ3) is 2.87. The van der Waals surface area contributed by atoms with Gasteiger partial charge in [0.15, 0.2) is 4.90 Å². The highest BCUT2D eigenvalue weighted by atomic mass is 32.2. The Bertz CT molecular complexity index is 921. The number of nitrogens with one attached hydrogen (secondary N) is 3. The van der Waals surface area contributed by atoms with Gasteiger partial charge in [0.25, 0.3) is 15.6 Å². The molecule has 2 heterocycles. The average molecular weight is 331 g/mol. The van der Waals surface area contributed by atoms with Gasteiger partial charge < -0.3 is 10.1 Å². The van der Waals surface area contributed by atoms with Crippen LogP contribution in [-0.2, 0) is 10.0 Å². The van der Waals surface area contributed by atoms with E-state index in [0.717, 1.165) is 17.5 Å². The lowest BCUT2D eigenvalue weighted by Crippen LogP contribution is -2.29. The van der Waals surface area contributed by atoms with Crippen molar-refractivity contribution in [3.8, 4) is 0 Å². The number of carboxylic acid groups (broad SMARTS) is 1. The molecule has 0 fully saturated rings. The summed E-state index contributed by atoms with van der Waals surface area (Å²) in [5.74, 6) is -1.29. The fourth-order valence-corrected chi connectivity index (χ4v) is 3.57. The first-order valence-corrected chi connectivity index (χ1v) is 7.75. The molecule has 0 atom stereocenters. The molecule has 4 N–H and O–H groups in total. The Balaban J connectivity index is 2.52. The van der Waals surface area contributed by atoms with Crippen molar-refractivity contribution < 1.29 is 18.3 Å². The number of anilines is 1. The van der Waals surface area contributed by atoms with E-state index >= 15 is 0 Å². The number of rotatable bonds is 4. The second kappa shape index (κ2) is 5.18. The molecule has 11 heteroatoms. The SMILES string of the molecule is Cc1csc(C(=O)O)c1NS(=O)(=O)c1c[nH]c(=O)[nH]c1=O. The Morgan fingerprint density at radius 2 is 2.05 bits per heavy atom. The van der Waals surface area contributed by atoms with E-state index in [1.54, 1.807) is 4.98 Å². The van der Waals surface area contributed by atoms with Gasteiger partial charge in [-0.1, -0.05) is 0 Å². The Labute approximate surface area is 121 Å². The second-order valence-electron chi connectivity index (χ2n) is 3.97. The molecule has 9 nitrogen and oxygen atoms in total. The Hall–Kier alpha value is -2.40. The monoisotopic (exact) mass is 331 g/mol. The molecule has 112 valence electrons. The summed E-state index contributed by atoms with van der Waals surface area (Å²) < 4.78 is 26.3. The number of aromatic amines is 2. The van der Waals surface area contributed by atoms with Crippen LogP contribution >= 0.6 is 11.3 Å². The topological polar surface area (TPSA) is 149 Å². The van der Waals surface area contributed by atoms with Crippen LogP contribution in [0, 0.1) is 6.92 Å². The molecule has 0 aliphatic rings. The van der Waals surface area contributed by atoms with Crippen LogP contribution in [0.2, 0.25) is 0 Å². The highest BCUT2D eigenvalue weighted by Gasteiger charge is 2.24. The van der Waals surface area contributed by atoms with Crippen molar-refractivity contribution in [2.75, 3.05) is 4.72 Å². The summed E-state index contributed by atoms with van der Waals surface area (Å²) >= 11 is 0.857. The van der Waals surface area contributed by atoms with Crippen LogP contribution in [0.5, 0.6) is 0 Å². The van der Waals surface area contributed by atoms with E-state index in [2.05, 4.69) is 4.72 Å². The zero-order valence-corrected chi connectivity index (χ0v) is 12.1. The van der Waals surface area contributed by atoms with E-state index in [1.807, 2.05) is 4.98 Å². The van der Waals surface area contributed by atoms with Crippen LogP contribution in [0.1, 0.15) is 15.2 Å². The van der Waals surface area contributed by atoms with Crippen molar-refractivity contribution in [2.45, 2.75) is 11.8 Å². The fraction of sp³-hybridized carbons (Fsp3) is 0.100. The Morgan fingerprint density at radius 1 is 1.38 bits per heavy atom. The maximum absolute atomic E-state index is 12.1. The number of aryl methyl sites for hydroxylation is 1. The summed E-state index contributed by atoms with van der Waals surface area (Å²) in [6.07, 6.45) is 0.742. The smallest absolute Gasteiger partial charge is 0.348 e. The van der Waals surface area contributed by atoms with E-state index in [0.29, 0.717) is 5.56 Å². The molecule has 0 aliphatic carbocycles. The van der Waals surface area contributed by atoms with Gasteiger partial charge >= 0.3 is 11.7 Å².